The summed E-state index contributed by atoms with van der Waals surface area (Å²) >= 11 is 11.7. The van der Waals surface area contributed by atoms with Crippen LogP contribution in [0.5, 0.6) is 0 Å². The zero-order valence-corrected chi connectivity index (χ0v) is 12.3. The van der Waals surface area contributed by atoms with Crippen molar-refractivity contribution in [1.82, 2.24) is 0 Å². The zero-order chi connectivity index (χ0) is 13.0. The minimum absolute atomic E-state index is 0. The van der Waals surface area contributed by atoms with Gasteiger partial charge in [0.1, 0.15) is 5.82 Å². The lowest BCUT2D eigenvalue weighted by Gasteiger charge is -2.21. The van der Waals surface area contributed by atoms with Crippen molar-refractivity contribution in [3.8, 4) is 0 Å². The Morgan fingerprint density at radius 1 is 1.39 bits per heavy atom. The Labute approximate surface area is 123 Å². The molecule has 0 amide bonds. The maximum atomic E-state index is 13.6. The first-order valence-electron chi connectivity index (χ1n) is 5.56. The highest BCUT2D eigenvalue weighted by Crippen LogP contribution is 2.33. The molecular formula is C12H17Cl3FNO. The first-order valence-corrected chi connectivity index (χ1v) is 6.31. The van der Waals surface area contributed by atoms with E-state index in [1.54, 1.807) is 0 Å². The van der Waals surface area contributed by atoms with Crippen molar-refractivity contribution in [2.75, 3.05) is 0 Å². The molecule has 1 rings (SSSR count). The Bertz CT molecular complexity index is 390. The fraction of sp³-hybridized carbons (Fsp3) is 0.500. The molecule has 1 aromatic rings. The molecule has 3 N–H and O–H groups in total. The molecule has 0 spiro atoms. The second-order valence-electron chi connectivity index (χ2n) is 3.99. The molecule has 0 fully saturated rings. The van der Waals surface area contributed by atoms with Gasteiger partial charge in [-0.1, -0.05) is 43.0 Å². The molecule has 0 bridgehead atoms. The molecule has 6 heteroatoms. The smallest absolute Gasteiger partial charge is 0.129 e. The van der Waals surface area contributed by atoms with Gasteiger partial charge < -0.3 is 10.8 Å². The van der Waals surface area contributed by atoms with E-state index in [-0.39, 0.29) is 28.0 Å². The number of rotatable bonds is 5. The van der Waals surface area contributed by atoms with E-state index in [0.29, 0.717) is 6.42 Å². The largest absolute Gasteiger partial charge is 0.391 e. The molecule has 2 nitrogen and oxygen atoms in total. The number of aliphatic hydroxyl groups is 1. The van der Waals surface area contributed by atoms with Gasteiger partial charge in [-0.05, 0) is 18.6 Å². The summed E-state index contributed by atoms with van der Waals surface area (Å²) < 4.78 is 13.6. The van der Waals surface area contributed by atoms with E-state index >= 15 is 0 Å². The van der Waals surface area contributed by atoms with Gasteiger partial charge in [-0.3, -0.25) is 0 Å². The highest BCUT2D eigenvalue weighted by Gasteiger charge is 2.23. The second-order valence-corrected chi connectivity index (χ2v) is 4.78. The van der Waals surface area contributed by atoms with Crippen molar-refractivity contribution in [3.63, 3.8) is 0 Å². The van der Waals surface area contributed by atoms with Gasteiger partial charge >= 0.3 is 0 Å². The van der Waals surface area contributed by atoms with Gasteiger partial charge in [-0.15, -0.1) is 12.4 Å². The Hall–Kier alpha value is -0.0600. The molecular weight excluding hydrogens is 299 g/mol. The molecule has 0 saturated heterocycles. The van der Waals surface area contributed by atoms with Gasteiger partial charge in [-0.25, -0.2) is 4.39 Å². The van der Waals surface area contributed by atoms with Crippen molar-refractivity contribution >= 4 is 35.6 Å². The van der Waals surface area contributed by atoms with E-state index in [2.05, 4.69) is 0 Å². The SMILES string of the molecule is CCCC[C@@H](O)[C@@H](N)c1c(F)ccc(Cl)c1Cl.Cl. The molecule has 0 aliphatic rings. The third-order valence-corrected chi connectivity index (χ3v) is 3.50. The summed E-state index contributed by atoms with van der Waals surface area (Å²) in [5, 5.41) is 10.2. The molecule has 104 valence electrons. The highest BCUT2D eigenvalue weighted by atomic mass is 35.5. The average Bonchev–Trinajstić information content (AvgIpc) is 2.31. The van der Waals surface area contributed by atoms with Crippen LogP contribution in [0.15, 0.2) is 12.1 Å². The van der Waals surface area contributed by atoms with Gasteiger partial charge in [0.2, 0.25) is 0 Å². The minimum Gasteiger partial charge on any atom is -0.391 e. The Balaban J connectivity index is 0.00000289. The molecule has 0 radical (unpaired) electrons. The number of benzene rings is 1. The number of nitrogens with two attached hydrogens (primary N) is 1. The second kappa shape index (κ2) is 8.18. The fourth-order valence-corrected chi connectivity index (χ4v) is 2.08. The summed E-state index contributed by atoms with van der Waals surface area (Å²) in [7, 11) is 0. The summed E-state index contributed by atoms with van der Waals surface area (Å²) in [6, 6.07) is 1.72. The van der Waals surface area contributed by atoms with Crippen LogP contribution in [0.3, 0.4) is 0 Å². The van der Waals surface area contributed by atoms with Gasteiger partial charge in [-0.2, -0.15) is 0 Å². The lowest BCUT2D eigenvalue weighted by molar-refractivity contribution is 0.131. The lowest BCUT2D eigenvalue weighted by atomic mass is 9.98. The number of halogens is 4. The van der Waals surface area contributed by atoms with Crippen LogP contribution >= 0.6 is 35.6 Å². The van der Waals surface area contributed by atoms with Crippen molar-refractivity contribution in [2.45, 2.75) is 38.3 Å². The van der Waals surface area contributed by atoms with Gasteiger partial charge in [0.15, 0.2) is 0 Å². The Morgan fingerprint density at radius 2 is 2.00 bits per heavy atom. The first-order chi connectivity index (χ1) is 7.99. The molecule has 0 heterocycles. The summed E-state index contributed by atoms with van der Waals surface area (Å²) in [6.45, 7) is 2.01. The highest BCUT2D eigenvalue weighted by molar-refractivity contribution is 6.42. The van der Waals surface area contributed by atoms with E-state index in [9.17, 15) is 9.50 Å². The van der Waals surface area contributed by atoms with Gasteiger partial charge in [0.05, 0.1) is 22.2 Å². The van der Waals surface area contributed by atoms with Crippen LogP contribution in [0, 0.1) is 5.82 Å². The van der Waals surface area contributed by atoms with Gasteiger partial charge in [0.25, 0.3) is 0 Å². The van der Waals surface area contributed by atoms with Crippen LogP contribution in [0.1, 0.15) is 37.8 Å². The molecule has 0 saturated carbocycles. The molecule has 0 aliphatic heterocycles. The summed E-state index contributed by atoms with van der Waals surface area (Å²) in [6.07, 6.45) is 1.46. The molecule has 18 heavy (non-hydrogen) atoms. The van der Waals surface area contributed by atoms with Crippen molar-refractivity contribution in [2.24, 2.45) is 5.73 Å². The van der Waals surface area contributed by atoms with Crippen LogP contribution in [0.4, 0.5) is 4.39 Å². The third-order valence-electron chi connectivity index (χ3n) is 2.68. The van der Waals surface area contributed by atoms with Crippen LogP contribution in [0.25, 0.3) is 0 Å². The Morgan fingerprint density at radius 3 is 2.56 bits per heavy atom. The summed E-state index contributed by atoms with van der Waals surface area (Å²) in [5.74, 6) is -0.539. The zero-order valence-electron chi connectivity index (χ0n) is 10.00. The predicted molar refractivity (Wildman–Crippen MR) is 76.1 cm³/mol. The maximum Gasteiger partial charge on any atom is 0.129 e. The molecule has 0 unspecified atom stereocenters. The van der Waals surface area contributed by atoms with Crippen molar-refractivity contribution < 1.29 is 9.50 Å². The molecule has 0 aromatic heterocycles. The maximum absolute atomic E-state index is 13.6. The normalized spacial score (nSPS) is 13.9. The summed E-state index contributed by atoms with van der Waals surface area (Å²) in [4.78, 5) is 0. The number of hydrogen-bond donors (Lipinski definition) is 2. The number of hydrogen-bond acceptors (Lipinski definition) is 2. The predicted octanol–water partition coefficient (Wildman–Crippen LogP) is 4.11. The average molecular weight is 317 g/mol. The molecule has 0 aliphatic carbocycles. The van der Waals surface area contributed by atoms with E-state index in [0.717, 1.165) is 12.8 Å². The van der Waals surface area contributed by atoms with Crippen LogP contribution < -0.4 is 5.73 Å². The van der Waals surface area contributed by atoms with Gasteiger partial charge in [0, 0.05) is 5.56 Å². The third kappa shape index (κ3) is 4.25. The topological polar surface area (TPSA) is 46.2 Å². The van der Waals surface area contributed by atoms with Crippen LogP contribution in [0.2, 0.25) is 10.0 Å². The van der Waals surface area contributed by atoms with E-state index < -0.39 is 18.0 Å². The van der Waals surface area contributed by atoms with Crippen LogP contribution in [-0.2, 0) is 0 Å². The van der Waals surface area contributed by atoms with Crippen LogP contribution in [-0.4, -0.2) is 11.2 Å². The standard InChI is InChI=1S/C12H16Cl2FNO.ClH/c1-2-3-4-9(17)12(16)10-8(15)6-5-7(13)11(10)14;/h5-6,9,12,17H,2-4,16H2,1H3;1H/t9-,12-;/m1./s1. The fourth-order valence-electron chi connectivity index (χ4n) is 1.63. The van der Waals surface area contributed by atoms with Crippen molar-refractivity contribution in [1.29, 1.82) is 0 Å². The molecule has 1 aromatic carbocycles. The number of unbranched alkanes of at least 4 members (excludes halogenated alkanes) is 1. The van der Waals surface area contributed by atoms with Crippen molar-refractivity contribution in [3.05, 3.63) is 33.6 Å². The van der Waals surface area contributed by atoms with E-state index in [1.807, 2.05) is 6.92 Å². The Kier molecular flexibility index (Phi) is 8.15. The monoisotopic (exact) mass is 315 g/mol. The quantitative estimate of drug-likeness (QED) is 0.803. The lowest BCUT2D eigenvalue weighted by Crippen LogP contribution is -2.27. The summed E-state index contributed by atoms with van der Waals surface area (Å²) in [5.41, 5.74) is 5.90. The van der Waals surface area contributed by atoms with E-state index in [1.165, 1.54) is 12.1 Å². The van der Waals surface area contributed by atoms with E-state index in [4.69, 9.17) is 28.9 Å². The molecule has 2 atom stereocenters. The number of aliphatic hydroxyl groups excluding tert-OH is 1. The minimum atomic E-state index is -0.854. The first kappa shape index (κ1) is 17.9.